The highest BCUT2D eigenvalue weighted by atomic mass is 19.4. The summed E-state index contributed by atoms with van der Waals surface area (Å²) in [4.78, 5) is 18.4. The lowest BCUT2D eigenvalue weighted by atomic mass is 10.1. The van der Waals surface area contributed by atoms with Crippen LogP contribution >= 0.6 is 0 Å². The first kappa shape index (κ1) is 20.0. The molecule has 1 aromatic heterocycles. The van der Waals surface area contributed by atoms with E-state index in [0.29, 0.717) is 25.2 Å². The molecule has 0 unspecified atom stereocenters. The number of alkyl halides is 6. The Balaban J connectivity index is 1.81. The second kappa shape index (κ2) is 7.33. The Morgan fingerprint density at radius 3 is 1.79 bits per heavy atom. The van der Waals surface area contributed by atoms with Crippen LogP contribution in [0, 0.1) is 0 Å². The fraction of sp³-hybridized carbons (Fsp3) is 0.333. The highest BCUT2D eigenvalue weighted by molar-refractivity contribution is 5.94. The van der Waals surface area contributed by atoms with Crippen LogP contribution in [0.1, 0.15) is 21.7 Å². The Morgan fingerprint density at radius 2 is 1.32 bits per heavy atom. The smallest absolute Gasteiger partial charge is 0.368 e. The molecular weight excluding hydrogens is 388 g/mol. The quantitative estimate of drug-likeness (QED) is 0.709. The zero-order valence-electron chi connectivity index (χ0n) is 14.4. The average molecular weight is 403 g/mol. The topological polar surface area (TPSA) is 36.4 Å². The number of aromatic nitrogens is 1. The normalized spacial score (nSPS) is 15.6. The van der Waals surface area contributed by atoms with Crippen molar-refractivity contribution in [2.45, 2.75) is 12.4 Å². The number of rotatable bonds is 2. The van der Waals surface area contributed by atoms with Gasteiger partial charge in [0.15, 0.2) is 0 Å². The van der Waals surface area contributed by atoms with Gasteiger partial charge in [-0.05, 0) is 24.3 Å². The van der Waals surface area contributed by atoms with Crippen molar-refractivity contribution < 1.29 is 31.1 Å². The summed E-state index contributed by atoms with van der Waals surface area (Å²) < 4.78 is 77.5. The molecule has 1 aliphatic heterocycles. The molecule has 3 rings (SSSR count). The van der Waals surface area contributed by atoms with E-state index in [0.717, 1.165) is 5.69 Å². The van der Waals surface area contributed by atoms with Gasteiger partial charge in [-0.25, -0.2) is 4.98 Å². The number of anilines is 1. The van der Waals surface area contributed by atoms with Crippen molar-refractivity contribution >= 4 is 11.6 Å². The van der Waals surface area contributed by atoms with Gasteiger partial charge in [0, 0.05) is 37.4 Å². The molecule has 1 aromatic carbocycles. The van der Waals surface area contributed by atoms with Gasteiger partial charge in [-0.2, -0.15) is 26.3 Å². The first-order valence-corrected chi connectivity index (χ1v) is 8.31. The fourth-order valence-electron chi connectivity index (χ4n) is 2.93. The molecule has 0 aliphatic carbocycles. The number of hydrogen-bond donors (Lipinski definition) is 0. The number of pyridine rings is 1. The van der Waals surface area contributed by atoms with Crippen LogP contribution in [0.5, 0.6) is 0 Å². The number of benzene rings is 1. The number of carbonyl (C=O) groups excluding carboxylic acids is 1. The molecule has 0 radical (unpaired) electrons. The molecule has 0 spiro atoms. The standard InChI is InChI=1S/C18H15F6N3O/c19-17(20,21)14-10-12(11-15(25-14)18(22,23)24)16(28)27-8-6-26(7-9-27)13-4-2-1-3-5-13/h1-5,10-11H,6-9H2. The third kappa shape index (κ3) is 4.37. The number of carbonyl (C=O) groups is 1. The van der Waals surface area contributed by atoms with Gasteiger partial charge in [-0.15, -0.1) is 0 Å². The molecule has 1 aliphatic rings. The SMILES string of the molecule is O=C(c1cc(C(F)(F)F)nc(C(F)(F)F)c1)N1CCN(c2ccccc2)CC1. The molecule has 28 heavy (non-hydrogen) atoms. The molecule has 0 atom stereocenters. The van der Waals surface area contributed by atoms with Crippen molar-refractivity contribution in [3.8, 4) is 0 Å². The molecule has 0 N–H and O–H groups in total. The van der Waals surface area contributed by atoms with Crippen LogP contribution in [0.2, 0.25) is 0 Å². The third-order valence-electron chi connectivity index (χ3n) is 4.34. The third-order valence-corrected chi connectivity index (χ3v) is 4.34. The summed E-state index contributed by atoms with van der Waals surface area (Å²) >= 11 is 0. The summed E-state index contributed by atoms with van der Waals surface area (Å²) in [6.45, 7) is 1.19. The molecule has 4 nitrogen and oxygen atoms in total. The van der Waals surface area contributed by atoms with E-state index in [1.807, 2.05) is 35.2 Å². The maximum atomic E-state index is 12.9. The first-order chi connectivity index (χ1) is 13.1. The van der Waals surface area contributed by atoms with Gasteiger partial charge in [-0.1, -0.05) is 18.2 Å². The van der Waals surface area contributed by atoms with Gasteiger partial charge in [-0.3, -0.25) is 4.79 Å². The summed E-state index contributed by atoms with van der Waals surface area (Å²) in [6, 6.07) is 10.0. The average Bonchev–Trinajstić information content (AvgIpc) is 2.66. The predicted molar refractivity (Wildman–Crippen MR) is 88.8 cm³/mol. The van der Waals surface area contributed by atoms with Crippen molar-refractivity contribution in [2.24, 2.45) is 0 Å². The summed E-state index contributed by atoms with van der Waals surface area (Å²) in [5.41, 5.74) is -3.23. The molecular formula is C18H15F6N3O. The van der Waals surface area contributed by atoms with Crippen LogP contribution in [0.25, 0.3) is 0 Å². The number of piperazine rings is 1. The summed E-state index contributed by atoms with van der Waals surface area (Å²) in [6.07, 6.45) is -10.2. The van der Waals surface area contributed by atoms with Gasteiger partial charge >= 0.3 is 12.4 Å². The lowest BCUT2D eigenvalue weighted by molar-refractivity contribution is -0.150. The Morgan fingerprint density at radius 1 is 0.821 bits per heavy atom. The van der Waals surface area contributed by atoms with Crippen molar-refractivity contribution in [1.29, 1.82) is 0 Å². The Labute approximate surface area is 156 Å². The van der Waals surface area contributed by atoms with Crippen molar-refractivity contribution in [1.82, 2.24) is 9.88 Å². The maximum Gasteiger partial charge on any atom is 0.433 e. The minimum absolute atomic E-state index is 0.179. The number of amides is 1. The summed E-state index contributed by atoms with van der Waals surface area (Å²) in [5, 5.41) is 0. The van der Waals surface area contributed by atoms with E-state index in [2.05, 4.69) is 4.98 Å². The van der Waals surface area contributed by atoms with Gasteiger partial charge in [0.1, 0.15) is 11.4 Å². The van der Waals surface area contributed by atoms with Gasteiger partial charge in [0.2, 0.25) is 0 Å². The molecule has 2 heterocycles. The molecule has 150 valence electrons. The number of hydrogen-bond acceptors (Lipinski definition) is 3. The van der Waals surface area contributed by atoms with E-state index < -0.39 is 35.2 Å². The molecule has 2 aromatic rings. The Kier molecular flexibility index (Phi) is 5.22. The van der Waals surface area contributed by atoms with E-state index in [-0.39, 0.29) is 13.1 Å². The van der Waals surface area contributed by atoms with Crippen molar-refractivity contribution in [3.05, 3.63) is 59.4 Å². The molecule has 10 heteroatoms. The summed E-state index contributed by atoms with van der Waals surface area (Å²) in [7, 11) is 0. The monoisotopic (exact) mass is 403 g/mol. The van der Waals surface area contributed by atoms with E-state index >= 15 is 0 Å². The second-order valence-corrected chi connectivity index (χ2v) is 6.24. The van der Waals surface area contributed by atoms with Crippen molar-refractivity contribution in [3.63, 3.8) is 0 Å². The molecule has 1 amide bonds. The minimum atomic E-state index is -5.09. The Bertz CT molecular complexity index is 810. The zero-order chi connectivity index (χ0) is 20.5. The molecule has 1 fully saturated rings. The van der Waals surface area contributed by atoms with Crippen molar-refractivity contribution in [2.75, 3.05) is 31.1 Å². The van der Waals surface area contributed by atoms with Gasteiger partial charge < -0.3 is 9.80 Å². The highest BCUT2D eigenvalue weighted by Gasteiger charge is 2.40. The van der Waals surface area contributed by atoms with Crippen LogP contribution in [0.3, 0.4) is 0 Å². The van der Waals surface area contributed by atoms with Crippen LogP contribution < -0.4 is 4.90 Å². The van der Waals surface area contributed by atoms with E-state index in [4.69, 9.17) is 0 Å². The Hall–Kier alpha value is -2.78. The molecule has 0 bridgehead atoms. The van der Waals surface area contributed by atoms with Crippen LogP contribution in [0.15, 0.2) is 42.5 Å². The largest absolute Gasteiger partial charge is 0.433 e. The fourth-order valence-corrected chi connectivity index (χ4v) is 2.93. The van der Waals surface area contributed by atoms with E-state index in [1.54, 1.807) is 0 Å². The zero-order valence-corrected chi connectivity index (χ0v) is 14.4. The first-order valence-electron chi connectivity index (χ1n) is 8.31. The lowest BCUT2D eigenvalue weighted by Gasteiger charge is -2.36. The predicted octanol–water partition coefficient (Wildman–Crippen LogP) is 4.08. The number of para-hydroxylation sites is 1. The second-order valence-electron chi connectivity index (χ2n) is 6.24. The number of halogens is 6. The van der Waals surface area contributed by atoms with E-state index in [9.17, 15) is 31.1 Å². The van der Waals surface area contributed by atoms with Crippen LogP contribution in [-0.4, -0.2) is 42.0 Å². The highest BCUT2D eigenvalue weighted by Crippen LogP contribution is 2.34. The van der Waals surface area contributed by atoms with Gasteiger partial charge in [0.25, 0.3) is 5.91 Å². The van der Waals surface area contributed by atoms with Crippen LogP contribution in [-0.2, 0) is 12.4 Å². The van der Waals surface area contributed by atoms with Crippen LogP contribution in [0.4, 0.5) is 32.0 Å². The van der Waals surface area contributed by atoms with Gasteiger partial charge in [0.05, 0.1) is 0 Å². The lowest BCUT2D eigenvalue weighted by Crippen LogP contribution is -2.48. The summed E-state index contributed by atoms with van der Waals surface area (Å²) in [5.74, 6) is -0.883. The minimum Gasteiger partial charge on any atom is -0.368 e. The van der Waals surface area contributed by atoms with E-state index in [1.165, 1.54) is 4.90 Å². The molecule has 1 saturated heterocycles. The molecule has 0 saturated carbocycles. The number of nitrogens with zero attached hydrogens (tertiary/aromatic N) is 3. The maximum absolute atomic E-state index is 12.9.